The first-order valence-electron chi connectivity index (χ1n) is 8.91. The molecule has 4 amide bonds. The minimum Gasteiger partial charge on any atom is -0.341 e. The van der Waals surface area contributed by atoms with Crippen LogP contribution in [0.1, 0.15) is 32.3 Å². The van der Waals surface area contributed by atoms with E-state index >= 15 is 0 Å². The predicted molar refractivity (Wildman–Crippen MR) is 93.8 cm³/mol. The third-order valence-electron chi connectivity index (χ3n) is 5.24. The second-order valence-electron chi connectivity index (χ2n) is 7.01. The molecule has 1 aliphatic heterocycles. The number of hydrogen-bond acceptors (Lipinski definition) is 3. The van der Waals surface area contributed by atoms with Gasteiger partial charge in [-0.1, -0.05) is 30.3 Å². The molecule has 0 aromatic heterocycles. The van der Waals surface area contributed by atoms with Crippen molar-refractivity contribution >= 4 is 17.8 Å². The fourth-order valence-corrected chi connectivity index (χ4v) is 3.40. The number of benzene rings is 1. The maximum Gasteiger partial charge on any atom is 0.325 e. The Morgan fingerprint density at radius 2 is 1.96 bits per heavy atom. The SMILES string of the molecule is CCN(CCc1ccccc1)C(=O)CN1C(=O)NC(C)(C2CC2)C1=O. The molecule has 1 heterocycles. The maximum absolute atomic E-state index is 12.6. The second-order valence-corrected chi connectivity index (χ2v) is 7.01. The van der Waals surface area contributed by atoms with Crippen molar-refractivity contribution in [2.45, 2.75) is 38.6 Å². The molecule has 1 saturated carbocycles. The number of rotatable bonds is 7. The number of carbonyl (C=O) groups excluding carboxylic acids is 3. The monoisotopic (exact) mass is 343 g/mol. The molecule has 1 saturated heterocycles. The number of amides is 4. The lowest BCUT2D eigenvalue weighted by Gasteiger charge is -2.24. The van der Waals surface area contributed by atoms with Crippen molar-refractivity contribution in [2.24, 2.45) is 5.92 Å². The van der Waals surface area contributed by atoms with E-state index in [1.54, 1.807) is 11.8 Å². The lowest BCUT2D eigenvalue weighted by molar-refractivity contribution is -0.139. The largest absolute Gasteiger partial charge is 0.341 e. The predicted octanol–water partition coefficient (Wildman–Crippen LogP) is 1.80. The molecule has 134 valence electrons. The van der Waals surface area contributed by atoms with Gasteiger partial charge in [0.05, 0.1) is 0 Å². The van der Waals surface area contributed by atoms with Gasteiger partial charge in [0.15, 0.2) is 0 Å². The first-order chi connectivity index (χ1) is 12.0. The molecule has 1 N–H and O–H groups in total. The molecule has 1 aliphatic carbocycles. The van der Waals surface area contributed by atoms with E-state index in [-0.39, 0.29) is 24.3 Å². The highest BCUT2D eigenvalue weighted by Gasteiger charge is 2.56. The molecular weight excluding hydrogens is 318 g/mol. The van der Waals surface area contributed by atoms with Gasteiger partial charge in [0, 0.05) is 13.1 Å². The Morgan fingerprint density at radius 3 is 2.56 bits per heavy atom. The van der Waals surface area contributed by atoms with Crippen LogP contribution in [0.4, 0.5) is 4.79 Å². The van der Waals surface area contributed by atoms with Gasteiger partial charge in [0.25, 0.3) is 5.91 Å². The average Bonchev–Trinajstić information content (AvgIpc) is 3.43. The Kier molecular flexibility index (Phi) is 4.79. The van der Waals surface area contributed by atoms with Crippen molar-refractivity contribution in [3.05, 3.63) is 35.9 Å². The van der Waals surface area contributed by atoms with Gasteiger partial charge >= 0.3 is 6.03 Å². The maximum atomic E-state index is 12.6. The highest BCUT2D eigenvalue weighted by molar-refractivity contribution is 6.09. The van der Waals surface area contributed by atoms with E-state index in [1.165, 1.54) is 0 Å². The number of carbonyl (C=O) groups is 3. The standard InChI is InChI=1S/C19H25N3O3/c1-3-21(12-11-14-7-5-4-6-8-14)16(23)13-22-17(24)19(2,15-9-10-15)20-18(22)25/h4-8,15H,3,9-13H2,1-2H3,(H,20,25). The molecule has 6 heteroatoms. The molecule has 0 radical (unpaired) electrons. The van der Waals surface area contributed by atoms with Crippen molar-refractivity contribution in [1.29, 1.82) is 0 Å². The first kappa shape index (κ1) is 17.5. The zero-order valence-electron chi connectivity index (χ0n) is 14.8. The van der Waals surface area contributed by atoms with E-state index in [1.807, 2.05) is 37.3 Å². The Balaban J connectivity index is 1.60. The van der Waals surface area contributed by atoms with Gasteiger partial charge in [0.2, 0.25) is 5.91 Å². The Bertz CT molecular complexity index is 672. The van der Waals surface area contributed by atoms with Crippen molar-refractivity contribution in [2.75, 3.05) is 19.6 Å². The zero-order chi connectivity index (χ0) is 18.0. The summed E-state index contributed by atoms with van der Waals surface area (Å²) in [6.07, 6.45) is 2.64. The highest BCUT2D eigenvalue weighted by atomic mass is 16.2. The van der Waals surface area contributed by atoms with Crippen LogP contribution >= 0.6 is 0 Å². The van der Waals surface area contributed by atoms with Crippen LogP contribution in [0.25, 0.3) is 0 Å². The van der Waals surface area contributed by atoms with Gasteiger partial charge in [-0.3, -0.25) is 14.5 Å². The van der Waals surface area contributed by atoms with Crippen molar-refractivity contribution in [3.8, 4) is 0 Å². The smallest absolute Gasteiger partial charge is 0.325 e. The van der Waals surface area contributed by atoms with Gasteiger partial charge in [-0.15, -0.1) is 0 Å². The van der Waals surface area contributed by atoms with E-state index in [4.69, 9.17) is 0 Å². The summed E-state index contributed by atoms with van der Waals surface area (Å²) in [6.45, 7) is 4.61. The molecule has 6 nitrogen and oxygen atoms in total. The Hall–Kier alpha value is -2.37. The number of likely N-dealkylation sites (N-methyl/N-ethyl adjacent to an activating group) is 1. The van der Waals surface area contributed by atoms with Gasteiger partial charge < -0.3 is 10.2 Å². The van der Waals surface area contributed by atoms with Crippen LogP contribution in [-0.4, -0.2) is 52.8 Å². The molecule has 0 bridgehead atoms. The lowest BCUT2D eigenvalue weighted by atomic mass is 9.96. The van der Waals surface area contributed by atoms with E-state index in [9.17, 15) is 14.4 Å². The molecule has 1 unspecified atom stereocenters. The van der Waals surface area contributed by atoms with Crippen LogP contribution < -0.4 is 5.32 Å². The summed E-state index contributed by atoms with van der Waals surface area (Å²) in [5.41, 5.74) is 0.323. The topological polar surface area (TPSA) is 69.7 Å². The molecule has 1 aromatic rings. The molecule has 1 aromatic carbocycles. The quantitative estimate of drug-likeness (QED) is 0.768. The summed E-state index contributed by atoms with van der Waals surface area (Å²) >= 11 is 0. The van der Waals surface area contributed by atoms with Gasteiger partial charge in [-0.2, -0.15) is 0 Å². The van der Waals surface area contributed by atoms with Gasteiger partial charge in [-0.25, -0.2) is 4.79 Å². The van der Waals surface area contributed by atoms with Crippen LogP contribution in [0.15, 0.2) is 30.3 Å². The number of nitrogens with one attached hydrogen (secondary N) is 1. The van der Waals surface area contributed by atoms with Crippen LogP contribution in [0.3, 0.4) is 0 Å². The minimum absolute atomic E-state index is 0.185. The third kappa shape index (κ3) is 3.52. The summed E-state index contributed by atoms with van der Waals surface area (Å²) in [7, 11) is 0. The van der Waals surface area contributed by atoms with E-state index < -0.39 is 11.6 Å². The molecular formula is C19H25N3O3. The number of hydrogen-bond donors (Lipinski definition) is 1. The first-order valence-corrected chi connectivity index (χ1v) is 8.91. The van der Waals surface area contributed by atoms with Crippen LogP contribution in [-0.2, 0) is 16.0 Å². The van der Waals surface area contributed by atoms with Gasteiger partial charge in [0.1, 0.15) is 12.1 Å². The van der Waals surface area contributed by atoms with Crippen LogP contribution in [0.2, 0.25) is 0 Å². The number of imide groups is 1. The Morgan fingerprint density at radius 1 is 1.28 bits per heavy atom. The van der Waals surface area contributed by atoms with E-state index in [0.29, 0.717) is 13.1 Å². The molecule has 2 aliphatic rings. The summed E-state index contributed by atoms with van der Waals surface area (Å²) in [4.78, 5) is 40.2. The molecule has 0 spiro atoms. The van der Waals surface area contributed by atoms with Crippen molar-refractivity contribution < 1.29 is 14.4 Å². The fourth-order valence-electron chi connectivity index (χ4n) is 3.40. The summed E-state index contributed by atoms with van der Waals surface area (Å²) in [6, 6.07) is 9.50. The zero-order valence-corrected chi connectivity index (χ0v) is 14.8. The molecule has 25 heavy (non-hydrogen) atoms. The van der Waals surface area contributed by atoms with Crippen LogP contribution in [0.5, 0.6) is 0 Å². The summed E-state index contributed by atoms with van der Waals surface area (Å²) in [5, 5.41) is 2.78. The van der Waals surface area contributed by atoms with Crippen molar-refractivity contribution in [3.63, 3.8) is 0 Å². The molecule has 3 rings (SSSR count). The third-order valence-corrected chi connectivity index (χ3v) is 5.24. The highest BCUT2D eigenvalue weighted by Crippen LogP contribution is 2.42. The number of urea groups is 1. The van der Waals surface area contributed by atoms with Gasteiger partial charge in [-0.05, 0) is 44.6 Å². The summed E-state index contributed by atoms with van der Waals surface area (Å²) < 4.78 is 0. The van der Waals surface area contributed by atoms with E-state index in [2.05, 4.69) is 5.32 Å². The second kappa shape index (κ2) is 6.86. The summed E-state index contributed by atoms with van der Waals surface area (Å²) in [5.74, 6) is -0.265. The average molecular weight is 343 g/mol. The van der Waals surface area contributed by atoms with Crippen molar-refractivity contribution in [1.82, 2.24) is 15.1 Å². The fraction of sp³-hybridized carbons (Fsp3) is 0.526. The lowest BCUT2D eigenvalue weighted by Crippen LogP contribution is -2.47. The van der Waals surface area contributed by atoms with E-state index in [0.717, 1.165) is 29.7 Å². The minimum atomic E-state index is -0.835. The molecule has 1 atom stereocenters. The molecule has 2 fully saturated rings. The number of nitrogens with zero attached hydrogens (tertiary/aromatic N) is 2. The Labute approximate surface area is 148 Å². The normalized spacial score (nSPS) is 22.9. The van der Waals surface area contributed by atoms with Crippen LogP contribution in [0, 0.1) is 5.92 Å².